The Hall–Kier alpha value is -0.840. The molecule has 0 aromatic heterocycles. The maximum atomic E-state index is 13.7. The Kier molecular flexibility index (Phi) is 3.89. The van der Waals surface area contributed by atoms with E-state index in [4.69, 9.17) is 16.3 Å². The van der Waals surface area contributed by atoms with Crippen molar-refractivity contribution >= 4 is 11.6 Å². The van der Waals surface area contributed by atoms with Crippen molar-refractivity contribution in [2.75, 3.05) is 13.2 Å². The lowest BCUT2D eigenvalue weighted by molar-refractivity contribution is -0.0248. The van der Waals surface area contributed by atoms with Gasteiger partial charge in [-0.3, -0.25) is 4.90 Å². The van der Waals surface area contributed by atoms with Gasteiger partial charge >= 0.3 is 0 Å². The fraction of sp³-hybridized carbons (Fsp3) is 0.600. The topological polar surface area (TPSA) is 32.7 Å². The largest absolute Gasteiger partial charge is 0.489 e. The quantitative estimate of drug-likeness (QED) is 0.865. The standard InChI is InChI=1S/C15H19ClFNO2/c1-9-4-2-3-5-18(9)14-11-6-10(17)7-12(16)15(11)20-8-13(14)19/h6-7,9,13-14,19H,2-5,8H2,1H3. The number of rotatable bonds is 1. The van der Waals surface area contributed by atoms with Crippen molar-refractivity contribution in [2.24, 2.45) is 0 Å². The summed E-state index contributed by atoms with van der Waals surface area (Å²) in [6.45, 7) is 3.27. The number of hydrogen-bond acceptors (Lipinski definition) is 3. The lowest BCUT2D eigenvalue weighted by Crippen LogP contribution is -2.48. The highest BCUT2D eigenvalue weighted by molar-refractivity contribution is 6.32. The van der Waals surface area contributed by atoms with Crippen LogP contribution < -0.4 is 4.74 Å². The van der Waals surface area contributed by atoms with Crippen LogP contribution in [0.3, 0.4) is 0 Å². The third-order valence-electron chi connectivity index (χ3n) is 4.33. The maximum Gasteiger partial charge on any atom is 0.143 e. The predicted molar refractivity (Wildman–Crippen MR) is 75.7 cm³/mol. The Bertz CT molecular complexity index is 511. The molecule has 2 heterocycles. The van der Waals surface area contributed by atoms with Crippen molar-refractivity contribution < 1.29 is 14.2 Å². The number of aliphatic hydroxyl groups is 1. The number of nitrogens with zero attached hydrogens (tertiary/aromatic N) is 1. The molecule has 5 heteroatoms. The van der Waals surface area contributed by atoms with Crippen LogP contribution in [0.2, 0.25) is 5.02 Å². The van der Waals surface area contributed by atoms with Gasteiger partial charge in [0.05, 0.1) is 11.1 Å². The van der Waals surface area contributed by atoms with E-state index in [1.165, 1.54) is 18.6 Å². The molecule has 0 bridgehead atoms. The van der Waals surface area contributed by atoms with E-state index < -0.39 is 6.10 Å². The second kappa shape index (κ2) is 5.51. The zero-order valence-electron chi connectivity index (χ0n) is 11.5. The molecule has 0 aliphatic carbocycles. The summed E-state index contributed by atoms with van der Waals surface area (Å²) in [5, 5.41) is 10.6. The monoisotopic (exact) mass is 299 g/mol. The third kappa shape index (κ3) is 2.41. The number of piperidine rings is 1. The lowest BCUT2D eigenvalue weighted by atomic mass is 9.92. The van der Waals surface area contributed by atoms with Gasteiger partial charge in [0.15, 0.2) is 0 Å². The molecule has 1 fully saturated rings. The zero-order valence-corrected chi connectivity index (χ0v) is 12.2. The Morgan fingerprint density at radius 3 is 2.95 bits per heavy atom. The van der Waals surface area contributed by atoms with Crippen molar-refractivity contribution in [3.8, 4) is 5.75 Å². The van der Waals surface area contributed by atoms with Gasteiger partial charge in [-0.25, -0.2) is 4.39 Å². The molecule has 2 aliphatic rings. The third-order valence-corrected chi connectivity index (χ3v) is 4.61. The first-order valence-electron chi connectivity index (χ1n) is 7.13. The number of fused-ring (bicyclic) bond motifs is 1. The van der Waals surface area contributed by atoms with E-state index >= 15 is 0 Å². The van der Waals surface area contributed by atoms with Crippen LogP contribution in [-0.4, -0.2) is 35.3 Å². The van der Waals surface area contributed by atoms with Crippen molar-refractivity contribution in [2.45, 2.75) is 44.4 Å². The first-order chi connectivity index (χ1) is 9.58. The molecule has 110 valence electrons. The number of benzene rings is 1. The van der Waals surface area contributed by atoms with Gasteiger partial charge < -0.3 is 9.84 Å². The fourth-order valence-electron chi connectivity index (χ4n) is 3.35. The molecule has 20 heavy (non-hydrogen) atoms. The minimum atomic E-state index is -0.652. The predicted octanol–water partition coefficient (Wildman–Crippen LogP) is 3.15. The summed E-state index contributed by atoms with van der Waals surface area (Å²) >= 11 is 6.07. The van der Waals surface area contributed by atoms with Gasteiger partial charge in [-0.15, -0.1) is 0 Å². The first-order valence-corrected chi connectivity index (χ1v) is 7.51. The highest BCUT2D eigenvalue weighted by Gasteiger charge is 2.38. The van der Waals surface area contributed by atoms with Crippen LogP contribution >= 0.6 is 11.6 Å². The van der Waals surface area contributed by atoms with Gasteiger partial charge in [-0.05, 0) is 38.4 Å². The molecular weight excluding hydrogens is 281 g/mol. The molecule has 0 spiro atoms. The van der Waals surface area contributed by atoms with E-state index in [0.29, 0.717) is 17.4 Å². The Labute approximate surface area is 123 Å². The van der Waals surface area contributed by atoms with Gasteiger partial charge in [-0.1, -0.05) is 18.0 Å². The van der Waals surface area contributed by atoms with Crippen molar-refractivity contribution in [3.63, 3.8) is 0 Å². The van der Waals surface area contributed by atoms with Crippen LogP contribution in [0.25, 0.3) is 0 Å². The molecule has 0 amide bonds. The SMILES string of the molecule is CC1CCCCN1C1c2cc(F)cc(Cl)c2OCC1O. The van der Waals surface area contributed by atoms with E-state index in [1.54, 1.807) is 0 Å². The van der Waals surface area contributed by atoms with Crippen molar-refractivity contribution in [1.82, 2.24) is 4.90 Å². The van der Waals surface area contributed by atoms with Gasteiger partial charge in [0, 0.05) is 11.6 Å². The Balaban J connectivity index is 2.02. The second-order valence-corrected chi connectivity index (χ2v) is 6.12. The van der Waals surface area contributed by atoms with Crippen LogP contribution in [0.1, 0.15) is 37.8 Å². The number of halogens is 2. The second-order valence-electron chi connectivity index (χ2n) is 5.71. The average Bonchev–Trinajstić information content (AvgIpc) is 2.39. The summed E-state index contributed by atoms with van der Waals surface area (Å²) in [6.07, 6.45) is 2.75. The summed E-state index contributed by atoms with van der Waals surface area (Å²) in [5.74, 6) is 0.127. The molecule has 3 rings (SSSR count). The van der Waals surface area contributed by atoms with Crippen LogP contribution in [0.4, 0.5) is 4.39 Å². The van der Waals surface area contributed by atoms with Crippen molar-refractivity contribution in [1.29, 1.82) is 0 Å². The molecule has 2 aliphatic heterocycles. The summed E-state index contributed by atoms with van der Waals surface area (Å²) in [7, 11) is 0. The Morgan fingerprint density at radius 1 is 1.40 bits per heavy atom. The van der Waals surface area contributed by atoms with Crippen molar-refractivity contribution in [3.05, 3.63) is 28.5 Å². The molecule has 3 nitrogen and oxygen atoms in total. The summed E-state index contributed by atoms with van der Waals surface area (Å²) in [4.78, 5) is 2.26. The molecule has 3 atom stereocenters. The highest BCUT2D eigenvalue weighted by Crippen LogP contribution is 2.43. The smallest absolute Gasteiger partial charge is 0.143 e. The molecule has 1 saturated heterocycles. The average molecular weight is 300 g/mol. The lowest BCUT2D eigenvalue weighted by Gasteiger charge is -2.44. The van der Waals surface area contributed by atoms with E-state index in [2.05, 4.69) is 11.8 Å². The maximum absolute atomic E-state index is 13.7. The summed E-state index contributed by atoms with van der Waals surface area (Å²) in [6, 6.07) is 2.84. The number of likely N-dealkylation sites (tertiary alicyclic amines) is 1. The molecular formula is C15H19ClFNO2. The van der Waals surface area contributed by atoms with Gasteiger partial charge in [0.25, 0.3) is 0 Å². The summed E-state index contributed by atoms with van der Waals surface area (Å²) in [5.41, 5.74) is 0.669. The number of aliphatic hydroxyl groups excluding tert-OH is 1. The normalized spacial score (nSPS) is 30.7. The number of hydrogen-bond donors (Lipinski definition) is 1. The van der Waals surface area contributed by atoms with Crippen LogP contribution in [-0.2, 0) is 0 Å². The molecule has 1 aromatic carbocycles. The summed E-state index contributed by atoms with van der Waals surface area (Å²) < 4.78 is 19.2. The van der Waals surface area contributed by atoms with Crippen LogP contribution in [0, 0.1) is 5.82 Å². The molecule has 0 saturated carbocycles. The molecule has 1 N–H and O–H groups in total. The van der Waals surface area contributed by atoms with Gasteiger partial charge in [0.2, 0.25) is 0 Å². The van der Waals surface area contributed by atoms with E-state index in [9.17, 15) is 9.50 Å². The van der Waals surface area contributed by atoms with Crippen LogP contribution in [0.5, 0.6) is 5.75 Å². The van der Waals surface area contributed by atoms with E-state index in [0.717, 1.165) is 19.4 Å². The fourth-order valence-corrected chi connectivity index (χ4v) is 3.62. The minimum Gasteiger partial charge on any atom is -0.489 e. The van der Waals surface area contributed by atoms with E-state index in [-0.39, 0.29) is 23.5 Å². The molecule has 3 unspecified atom stereocenters. The molecule has 1 aromatic rings. The van der Waals surface area contributed by atoms with Gasteiger partial charge in [0.1, 0.15) is 24.3 Å². The zero-order chi connectivity index (χ0) is 14.3. The Morgan fingerprint density at radius 2 is 2.20 bits per heavy atom. The number of ether oxygens (including phenoxy) is 1. The first kappa shape index (κ1) is 14.1. The van der Waals surface area contributed by atoms with E-state index in [1.807, 2.05) is 0 Å². The highest BCUT2D eigenvalue weighted by atomic mass is 35.5. The minimum absolute atomic E-state index is 0.201. The van der Waals surface area contributed by atoms with Crippen LogP contribution in [0.15, 0.2) is 12.1 Å². The van der Waals surface area contributed by atoms with Gasteiger partial charge in [-0.2, -0.15) is 0 Å². The molecule has 0 radical (unpaired) electrons.